The van der Waals surface area contributed by atoms with Gasteiger partial charge in [-0.05, 0) is 19.4 Å². The van der Waals surface area contributed by atoms with E-state index in [1.165, 1.54) is 0 Å². The van der Waals surface area contributed by atoms with E-state index in [4.69, 9.17) is 5.73 Å². The molecule has 1 rings (SSSR count). The smallest absolute Gasteiger partial charge is 0.237 e. The molecule has 1 unspecified atom stereocenters. The standard InChI is InChI=1S/C10H18N4O/c1-3-9(11)10(15)13-8(2)7-14-6-4-5-12-14/h4-6,8-9H,3,7,11H2,1-2H3,(H,13,15)/t8?,9-/m1/s1. The van der Waals surface area contributed by atoms with E-state index in [0.29, 0.717) is 13.0 Å². The van der Waals surface area contributed by atoms with E-state index in [1.807, 2.05) is 26.1 Å². The van der Waals surface area contributed by atoms with Crippen LogP contribution in [0, 0.1) is 0 Å². The van der Waals surface area contributed by atoms with Crippen LogP contribution in [-0.4, -0.2) is 27.8 Å². The third-order valence-electron chi connectivity index (χ3n) is 2.19. The van der Waals surface area contributed by atoms with Crippen molar-refractivity contribution < 1.29 is 4.79 Å². The molecule has 0 fully saturated rings. The van der Waals surface area contributed by atoms with Gasteiger partial charge in [-0.1, -0.05) is 6.92 Å². The van der Waals surface area contributed by atoms with Gasteiger partial charge in [0.25, 0.3) is 0 Å². The van der Waals surface area contributed by atoms with Gasteiger partial charge in [-0.3, -0.25) is 9.48 Å². The molecule has 2 atom stereocenters. The van der Waals surface area contributed by atoms with Crippen molar-refractivity contribution in [2.45, 2.75) is 38.9 Å². The number of nitrogens with two attached hydrogens (primary N) is 1. The summed E-state index contributed by atoms with van der Waals surface area (Å²) in [7, 11) is 0. The number of nitrogens with zero attached hydrogens (tertiary/aromatic N) is 2. The number of amides is 1. The Labute approximate surface area is 89.6 Å². The Morgan fingerprint density at radius 3 is 2.93 bits per heavy atom. The molecule has 15 heavy (non-hydrogen) atoms. The Kier molecular flexibility index (Phi) is 4.30. The summed E-state index contributed by atoms with van der Waals surface area (Å²) in [5.74, 6) is -0.0999. The van der Waals surface area contributed by atoms with Crippen LogP contribution in [0.1, 0.15) is 20.3 Å². The quantitative estimate of drug-likeness (QED) is 0.725. The van der Waals surface area contributed by atoms with Crippen molar-refractivity contribution in [3.05, 3.63) is 18.5 Å². The Morgan fingerprint density at radius 2 is 2.40 bits per heavy atom. The second-order valence-electron chi connectivity index (χ2n) is 3.65. The summed E-state index contributed by atoms with van der Waals surface area (Å²) in [5, 5.41) is 6.91. The lowest BCUT2D eigenvalue weighted by atomic mass is 10.2. The zero-order valence-corrected chi connectivity index (χ0v) is 9.18. The van der Waals surface area contributed by atoms with E-state index in [-0.39, 0.29) is 11.9 Å². The molecule has 84 valence electrons. The lowest BCUT2D eigenvalue weighted by Crippen LogP contribution is -2.45. The Hall–Kier alpha value is -1.36. The summed E-state index contributed by atoms with van der Waals surface area (Å²) in [5.41, 5.74) is 5.60. The average molecular weight is 210 g/mol. The molecule has 1 heterocycles. The monoisotopic (exact) mass is 210 g/mol. The molecule has 0 aliphatic heterocycles. The summed E-state index contributed by atoms with van der Waals surface area (Å²) in [6.07, 6.45) is 4.23. The fourth-order valence-electron chi connectivity index (χ4n) is 1.27. The Morgan fingerprint density at radius 1 is 1.67 bits per heavy atom. The first-order valence-corrected chi connectivity index (χ1v) is 5.17. The molecule has 0 aliphatic carbocycles. The summed E-state index contributed by atoms with van der Waals surface area (Å²) in [4.78, 5) is 11.4. The van der Waals surface area contributed by atoms with Crippen LogP contribution in [0.5, 0.6) is 0 Å². The summed E-state index contributed by atoms with van der Waals surface area (Å²) in [6.45, 7) is 4.49. The van der Waals surface area contributed by atoms with Crippen LogP contribution in [0.15, 0.2) is 18.5 Å². The molecule has 0 saturated carbocycles. The molecule has 0 aliphatic rings. The maximum Gasteiger partial charge on any atom is 0.237 e. The van der Waals surface area contributed by atoms with Gasteiger partial charge < -0.3 is 11.1 Å². The van der Waals surface area contributed by atoms with E-state index in [2.05, 4.69) is 10.4 Å². The molecule has 1 aromatic rings. The van der Waals surface area contributed by atoms with Crippen LogP contribution < -0.4 is 11.1 Å². The van der Waals surface area contributed by atoms with Crippen LogP contribution in [0.4, 0.5) is 0 Å². The molecule has 5 nitrogen and oxygen atoms in total. The van der Waals surface area contributed by atoms with Gasteiger partial charge in [0.2, 0.25) is 5.91 Å². The molecule has 0 bridgehead atoms. The van der Waals surface area contributed by atoms with Crippen molar-refractivity contribution in [2.75, 3.05) is 0 Å². The van der Waals surface area contributed by atoms with Gasteiger partial charge in [0.15, 0.2) is 0 Å². The minimum absolute atomic E-state index is 0.0370. The van der Waals surface area contributed by atoms with Crippen molar-refractivity contribution in [2.24, 2.45) is 5.73 Å². The van der Waals surface area contributed by atoms with Crippen molar-refractivity contribution in [3.8, 4) is 0 Å². The first kappa shape index (κ1) is 11.7. The van der Waals surface area contributed by atoms with E-state index in [1.54, 1.807) is 10.9 Å². The summed E-state index contributed by atoms with van der Waals surface area (Å²) in [6, 6.07) is 1.48. The van der Waals surface area contributed by atoms with Crippen LogP contribution >= 0.6 is 0 Å². The summed E-state index contributed by atoms with van der Waals surface area (Å²) < 4.78 is 1.78. The molecule has 0 radical (unpaired) electrons. The molecule has 5 heteroatoms. The fourth-order valence-corrected chi connectivity index (χ4v) is 1.27. The summed E-state index contributed by atoms with van der Waals surface area (Å²) >= 11 is 0. The largest absolute Gasteiger partial charge is 0.350 e. The minimum Gasteiger partial charge on any atom is -0.350 e. The second-order valence-corrected chi connectivity index (χ2v) is 3.65. The maximum absolute atomic E-state index is 11.4. The molecule has 1 amide bonds. The number of carbonyl (C=O) groups excluding carboxylic acids is 1. The predicted molar refractivity (Wildman–Crippen MR) is 58.1 cm³/mol. The van der Waals surface area contributed by atoms with Gasteiger partial charge in [0.1, 0.15) is 0 Å². The highest BCUT2D eigenvalue weighted by Gasteiger charge is 2.13. The SMILES string of the molecule is CC[C@@H](N)C(=O)NC(C)Cn1cccn1. The van der Waals surface area contributed by atoms with Crippen LogP contribution in [0.3, 0.4) is 0 Å². The van der Waals surface area contributed by atoms with Gasteiger partial charge in [-0.2, -0.15) is 5.10 Å². The van der Waals surface area contributed by atoms with Gasteiger partial charge in [0.05, 0.1) is 12.6 Å². The molecular weight excluding hydrogens is 192 g/mol. The molecule has 0 spiro atoms. The third kappa shape index (κ3) is 3.71. The number of aromatic nitrogens is 2. The van der Waals surface area contributed by atoms with Crippen LogP contribution in [0.25, 0.3) is 0 Å². The lowest BCUT2D eigenvalue weighted by Gasteiger charge is -2.16. The second kappa shape index (κ2) is 5.50. The molecule has 3 N–H and O–H groups in total. The normalized spacial score (nSPS) is 14.6. The minimum atomic E-state index is -0.412. The van der Waals surface area contributed by atoms with Gasteiger partial charge in [-0.25, -0.2) is 0 Å². The molecule has 0 aromatic carbocycles. The van der Waals surface area contributed by atoms with E-state index in [0.717, 1.165) is 0 Å². The van der Waals surface area contributed by atoms with Crippen molar-refractivity contribution in [3.63, 3.8) is 0 Å². The first-order chi connectivity index (χ1) is 7.13. The topological polar surface area (TPSA) is 72.9 Å². The van der Waals surface area contributed by atoms with Crippen molar-refractivity contribution in [1.29, 1.82) is 0 Å². The maximum atomic E-state index is 11.4. The number of hydrogen-bond acceptors (Lipinski definition) is 3. The highest BCUT2D eigenvalue weighted by molar-refractivity contribution is 5.81. The van der Waals surface area contributed by atoms with Gasteiger partial charge >= 0.3 is 0 Å². The van der Waals surface area contributed by atoms with E-state index >= 15 is 0 Å². The van der Waals surface area contributed by atoms with Crippen LogP contribution in [0.2, 0.25) is 0 Å². The number of carbonyl (C=O) groups is 1. The zero-order chi connectivity index (χ0) is 11.3. The molecule has 1 aromatic heterocycles. The molecule has 0 saturated heterocycles. The lowest BCUT2D eigenvalue weighted by molar-refractivity contribution is -0.123. The highest BCUT2D eigenvalue weighted by atomic mass is 16.2. The van der Waals surface area contributed by atoms with E-state index < -0.39 is 6.04 Å². The van der Waals surface area contributed by atoms with Crippen molar-refractivity contribution >= 4 is 5.91 Å². The zero-order valence-electron chi connectivity index (χ0n) is 9.18. The Bertz CT molecular complexity index is 296. The first-order valence-electron chi connectivity index (χ1n) is 5.17. The highest BCUT2D eigenvalue weighted by Crippen LogP contribution is 1.93. The van der Waals surface area contributed by atoms with Gasteiger partial charge in [-0.15, -0.1) is 0 Å². The number of hydrogen-bond donors (Lipinski definition) is 2. The number of nitrogens with one attached hydrogen (secondary N) is 1. The average Bonchev–Trinajstić information content (AvgIpc) is 2.68. The van der Waals surface area contributed by atoms with Crippen LogP contribution in [-0.2, 0) is 11.3 Å². The third-order valence-corrected chi connectivity index (χ3v) is 2.19. The Balaban J connectivity index is 2.36. The van der Waals surface area contributed by atoms with E-state index in [9.17, 15) is 4.79 Å². The van der Waals surface area contributed by atoms with Crippen molar-refractivity contribution in [1.82, 2.24) is 15.1 Å². The number of rotatable bonds is 5. The molecular formula is C10H18N4O. The van der Waals surface area contributed by atoms with Gasteiger partial charge in [0, 0.05) is 18.4 Å². The predicted octanol–water partition coefficient (Wildman–Crippen LogP) is 0.125. The fraction of sp³-hybridized carbons (Fsp3) is 0.600.